The lowest BCUT2D eigenvalue weighted by Gasteiger charge is -2.37. The molecular formula is C20H18N2O2S. The maximum absolute atomic E-state index is 13.3. The van der Waals surface area contributed by atoms with Crippen LogP contribution in [0.15, 0.2) is 89.8 Å². The van der Waals surface area contributed by atoms with Gasteiger partial charge in [0.1, 0.15) is 11.1 Å². The van der Waals surface area contributed by atoms with Crippen LogP contribution in [-0.2, 0) is 16.6 Å². The van der Waals surface area contributed by atoms with Crippen LogP contribution in [0.25, 0.3) is 0 Å². The minimum absolute atomic E-state index is 0.310. The molecule has 1 aliphatic rings. The molecule has 126 valence electrons. The van der Waals surface area contributed by atoms with Crippen LogP contribution >= 0.6 is 0 Å². The molecule has 0 aliphatic carbocycles. The fourth-order valence-corrected chi connectivity index (χ4v) is 4.80. The van der Waals surface area contributed by atoms with E-state index in [1.54, 1.807) is 12.1 Å². The minimum atomic E-state index is -3.61. The Morgan fingerprint density at radius 1 is 0.800 bits per heavy atom. The van der Waals surface area contributed by atoms with Gasteiger partial charge in [-0.25, -0.2) is 8.42 Å². The number of nitrogens with one attached hydrogen (secondary N) is 1. The van der Waals surface area contributed by atoms with Crippen molar-refractivity contribution in [3.63, 3.8) is 0 Å². The number of fused-ring (bicyclic) bond motifs is 1. The molecule has 0 saturated heterocycles. The average Bonchev–Trinajstić information content (AvgIpc) is 2.65. The normalized spacial score (nSPS) is 19.0. The number of para-hydroxylation sites is 1. The molecule has 3 aromatic rings. The summed E-state index contributed by atoms with van der Waals surface area (Å²) in [6.45, 7) is 0.310. The highest BCUT2D eigenvalue weighted by Crippen LogP contribution is 2.38. The highest BCUT2D eigenvalue weighted by Gasteiger charge is 2.38. The van der Waals surface area contributed by atoms with Crippen molar-refractivity contribution in [2.75, 3.05) is 5.32 Å². The number of nitrogens with zero attached hydrogens (tertiary/aromatic N) is 1. The average molecular weight is 350 g/mol. The van der Waals surface area contributed by atoms with Gasteiger partial charge in [0.25, 0.3) is 0 Å². The van der Waals surface area contributed by atoms with E-state index in [0.29, 0.717) is 17.1 Å². The molecule has 0 fully saturated rings. The fraction of sp³-hybridized carbons (Fsp3) is 0.100. The molecule has 3 aromatic carbocycles. The molecule has 0 aromatic heterocycles. The Hall–Kier alpha value is -2.63. The molecule has 0 spiro atoms. The van der Waals surface area contributed by atoms with Gasteiger partial charge in [0.2, 0.25) is 10.0 Å². The third-order valence-corrected chi connectivity index (χ3v) is 6.22. The number of hydrogen-bond donors (Lipinski definition) is 1. The van der Waals surface area contributed by atoms with E-state index in [2.05, 4.69) is 5.32 Å². The molecule has 5 heteroatoms. The van der Waals surface area contributed by atoms with Crippen molar-refractivity contribution < 1.29 is 8.42 Å². The topological polar surface area (TPSA) is 49.4 Å². The number of benzene rings is 3. The third kappa shape index (κ3) is 2.92. The van der Waals surface area contributed by atoms with Gasteiger partial charge in [-0.1, -0.05) is 72.8 Å². The smallest absolute Gasteiger partial charge is 0.247 e. The molecule has 1 N–H and O–H groups in total. The summed E-state index contributed by atoms with van der Waals surface area (Å²) in [5.74, 6) is 0. The molecule has 1 heterocycles. The highest BCUT2D eigenvalue weighted by molar-refractivity contribution is 7.89. The van der Waals surface area contributed by atoms with Gasteiger partial charge in [-0.3, -0.25) is 0 Å². The van der Waals surface area contributed by atoms with Gasteiger partial charge >= 0.3 is 0 Å². The second-order valence-corrected chi connectivity index (χ2v) is 7.85. The van der Waals surface area contributed by atoms with Crippen LogP contribution in [0.3, 0.4) is 0 Å². The van der Waals surface area contributed by atoms with Crippen LogP contribution in [0.1, 0.15) is 17.3 Å². The largest absolute Gasteiger partial charge is 0.364 e. The Balaban J connectivity index is 1.84. The molecule has 0 unspecified atom stereocenters. The molecule has 1 aliphatic heterocycles. The number of anilines is 1. The Morgan fingerprint density at radius 2 is 1.40 bits per heavy atom. The van der Waals surface area contributed by atoms with Gasteiger partial charge in [-0.05, 0) is 23.3 Å². The lowest BCUT2D eigenvalue weighted by molar-refractivity contribution is 0.336. The van der Waals surface area contributed by atoms with E-state index in [1.165, 1.54) is 4.31 Å². The molecule has 0 amide bonds. The first kappa shape index (κ1) is 15.9. The van der Waals surface area contributed by atoms with Crippen LogP contribution in [-0.4, -0.2) is 12.7 Å². The van der Waals surface area contributed by atoms with Gasteiger partial charge in [-0.15, -0.1) is 0 Å². The monoisotopic (exact) mass is 350 g/mol. The van der Waals surface area contributed by atoms with Crippen LogP contribution in [0.2, 0.25) is 0 Å². The Labute approximate surface area is 147 Å². The Morgan fingerprint density at radius 3 is 2.12 bits per heavy atom. The van der Waals surface area contributed by atoms with Gasteiger partial charge in [-0.2, -0.15) is 4.31 Å². The standard InChI is InChI=1S/C20H18N2O2S/c23-25(24)19-14-8-7-13-18(19)21-20(17-11-5-2-6-12-17)22(25)15-16-9-3-1-4-10-16/h1-14,20-21H,15H2/t20-/m0/s1. The fourth-order valence-electron chi connectivity index (χ4n) is 3.12. The maximum Gasteiger partial charge on any atom is 0.247 e. The van der Waals surface area contributed by atoms with Crippen molar-refractivity contribution >= 4 is 15.7 Å². The van der Waals surface area contributed by atoms with Crippen molar-refractivity contribution in [1.82, 2.24) is 4.31 Å². The van der Waals surface area contributed by atoms with Gasteiger partial charge < -0.3 is 5.32 Å². The van der Waals surface area contributed by atoms with Crippen LogP contribution in [0.4, 0.5) is 5.69 Å². The van der Waals surface area contributed by atoms with Gasteiger partial charge in [0, 0.05) is 6.54 Å². The molecule has 0 saturated carbocycles. The molecule has 0 bridgehead atoms. The van der Waals surface area contributed by atoms with E-state index in [1.807, 2.05) is 72.8 Å². The second kappa shape index (κ2) is 6.35. The SMILES string of the molecule is O=S1(=O)c2ccccc2N[C@H](c2ccccc2)N1Cc1ccccc1. The van der Waals surface area contributed by atoms with Crippen LogP contribution in [0, 0.1) is 0 Å². The van der Waals surface area contributed by atoms with Crippen molar-refractivity contribution in [2.24, 2.45) is 0 Å². The zero-order chi connectivity index (χ0) is 17.3. The quantitative estimate of drug-likeness (QED) is 0.777. The summed E-state index contributed by atoms with van der Waals surface area (Å²) in [5.41, 5.74) is 2.50. The summed E-state index contributed by atoms with van der Waals surface area (Å²) in [6.07, 6.45) is -0.443. The lowest BCUT2D eigenvalue weighted by Crippen LogP contribution is -2.42. The first-order chi connectivity index (χ1) is 12.2. The predicted octanol–water partition coefficient (Wildman–Crippen LogP) is 4.00. The first-order valence-corrected chi connectivity index (χ1v) is 9.56. The van der Waals surface area contributed by atoms with Crippen molar-refractivity contribution in [2.45, 2.75) is 17.6 Å². The molecule has 1 atom stereocenters. The molecule has 4 nitrogen and oxygen atoms in total. The van der Waals surface area contributed by atoms with Crippen molar-refractivity contribution in [1.29, 1.82) is 0 Å². The number of hydrogen-bond acceptors (Lipinski definition) is 3. The Bertz CT molecular complexity index is 973. The minimum Gasteiger partial charge on any atom is -0.364 e. The number of rotatable bonds is 3. The zero-order valence-electron chi connectivity index (χ0n) is 13.5. The molecule has 25 heavy (non-hydrogen) atoms. The van der Waals surface area contributed by atoms with Gasteiger partial charge in [0.05, 0.1) is 5.69 Å². The van der Waals surface area contributed by atoms with Crippen LogP contribution in [0.5, 0.6) is 0 Å². The molecular weight excluding hydrogens is 332 g/mol. The van der Waals surface area contributed by atoms with E-state index in [-0.39, 0.29) is 0 Å². The van der Waals surface area contributed by atoms with Crippen LogP contribution < -0.4 is 5.32 Å². The zero-order valence-corrected chi connectivity index (χ0v) is 14.4. The summed E-state index contributed by atoms with van der Waals surface area (Å²) < 4.78 is 28.1. The van der Waals surface area contributed by atoms with E-state index in [9.17, 15) is 8.42 Å². The third-order valence-electron chi connectivity index (χ3n) is 4.35. The Kier molecular flexibility index (Phi) is 4.03. The summed E-state index contributed by atoms with van der Waals surface area (Å²) in [4.78, 5) is 0.318. The number of sulfonamides is 1. The first-order valence-electron chi connectivity index (χ1n) is 8.12. The van der Waals surface area contributed by atoms with E-state index >= 15 is 0 Å². The summed E-state index contributed by atoms with van der Waals surface area (Å²) in [6, 6.07) is 26.4. The van der Waals surface area contributed by atoms with Crippen molar-refractivity contribution in [3.05, 3.63) is 96.1 Å². The maximum atomic E-state index is 13.3. The van der Waals surface area contributed by atoms with E-state index in [4.69, 9.17) is 0 Å². The molecule has 4 rings (SSSR count). The lowest BCUT2D eigenvalue weighted by atomic mass is 10.1. The second-order valence-electron chi connectivity index (χ2n) is 5.99. The van der Waals surface area contributed by atoms with E-state index < -0.39 is 16.2 Å². The summed E-state index contributed by atoms with van der Waals surface area (Å²) in [5, 5.41) is 3.39. The predicted molar refractivity (Wildman–Crippen MR) is 98.4 cm³/mol. The highest BCUT2D eigenvalue weighted by atomic mass is 32.2. The van der Waals surface area contributed by atoms with Crippen molar-refractivity contribution in [3.8, 4) is 0 Å². The summed E-state index contributed by atoms with van der Waals surface area (Å²) in [7, 11) is -3.61. The summed E-state index contributed by atoms with van der Waals surface area (Å²) >= 11 is 0. The van der Waals surface area contributed by atoms with Gasteiger partial charge in [0.15, 0.2) is 0 Å². The van der Waals surface area contributed by atoms with E-state index in [0.717, 1.165) is 11.1 Å². The molecule has 0 radical (unpaired) electrons.